The zero-order valence-corrected chi connectivity index (χ0v) is 13.0. The van der Waals surface area contributed by atoms with Crippen molar-refractivity contribution in [1.29, 1.82) is 0 Å². The number of aliphatic hydroxyl groups is 6. The number of aliphatic hydroxyl groups excluding tert-OH is 6. The second-order valence-corrected chi connectivity index (χ2v) is 5.32. The van der Waals surface area contributed by atoms with Gasteiger partial charge in [-0.3, -0.25) is 4.79 Å². The van der Waals surface area contributed by atoms with Crippen molar-refractivity contribution in [3.05, 3.63) is 0 Å². The lowest BCUT2D eigenvalue weighted by atomic mass is 10.0. The van der Waals surface area contributed by atoms with Gasteiger partial charge < -0.3 is 35.5 Å². The van der Waals surface area contributed by atoms with Gasteiger partial charge in [-0.05, 0) is 6.42 Å². The minimum absolute atomic E-state index is 0.00733. The third kappa shape index (κ3) is 7.48. The summed E-state index contributed by atoms with van der Waals surface area (Å²) in [7, 11) is 0. The molecule has 132 valence electrons. The molecule has 0 aromatic heterocycles. The number of rotatable bonds is 12. The number of hydrogen-bond acceptors (Lipinski definition) is 7. The summed E-state index contributed by atoms with van der Waals surface area (Å²) >= 11 is 0. The number of unbranched alkanes of at least 4 members (excludes halogenated alkanes) is 2. The second-order valence-electron chi connectivity index (χ2n) is 5.32. The van der Waals surface area contributed by atoms with Crippen LogP contribution in [0, 0.1) is 0 Å². The van der Waals surface area contributed by atoms with Crippen molar-refractivity contribution in [3.8, 4) is 0 Å². The molecule has 22 heavy (non-hydrogen) atoms. The van der Waals surface area contributed by atoms with Gasteiger partial charge in [-0.15, -0.1) is 0 Å². The monoisotopic (exact) mass is 323 g/mol. The van der Waals surface area contributed by atoms with E-state index < -0.39 is 31.0 Å². The maximum Gasteiger partial charge on any atom is 0.222 e. The Morgan fingerprint density at radius 1 is 1.00 bits per heavy atom. The molecular formula is C14H29NO7. The predicted octanol–water partition coefficient (Wildman–Crippen LogP) is -2.18. The largest absolute Gasteiger partial charge is 0.395 e. The lowest BCUT2D eigenvalue weighted by Gasteiger charge is -2.30. The van der Waals surface area contributed by atoms with Crippen LogP contribution in [-0.4, -0.2) is 92.2 Å². The average Bonchev–Trinajstić information content (AvgIpc) is 2.52. The highest BCUT2D eigenvalue weighted by Gasteiger charge is 2.31. The maximum absolute atomic E-state index is 12.0. The molecule has 6 N–H and O–H groups in total. The molecule has 0 heterocycles. The zero-order chi connectivity index (χ0) is 17.1. The summed E-state index contributed by atoms with van der Waals surface area (Å²) in [6, 6.07) is 0. The van der Waals surface area contributed by atoms with Crippen LogP contribution in [0.15, 0.2) is 0 Å². The molecular weight excluding hydrogens is 294 g/mol. The average molecular weight is 323 g/mol. The van der Waals surface area contributed by atoms with E-state index in [-0.39, 0.29) is 32.0 Å². The van der Waals surface area contributed by atoms with Gasteiger partial charge in [-0.2, -0.15) is 0 Å². The Morgan fingerprint density at radius 3 is 2.09 bits per heavy atom. The van der Waals surface area contributed by atoms with Crippen LogP contribution in [-0.2, 0) is 4.79 Å². The molecule has 0 spiro atoms. The molecule has 0 aliphatic rings. The molecule has 8 nitrogen and oxygen atoms in total. The van der Waals surface area contributed by atoms with Crippen LogP contribution in [0.1, 0.15) is 32.6 Å². The Bertz CT molecular complexity index is 303. The van der Waals surface area contributed by atoms with E-state index in [9.17, 15) is 25.2 Å². The van der Waals surface area contributed by atoms with Crippen molar-refractivity contribution in [3.63, 3.8) is 0 Å². The van der Waals surface area contributed by atoms with Crippen molar-refractivity contribution in [1.82, 2.24) is 4.90 Å². The van der Waals surface area contributed by atoms with Crippen LogP contribution < -0.4 is 0 Å². The molecule has 0 saturated carbocycles. The molecule has 0 saturated heterocycles. The van der Waals surface area contributed by atoms with E-state index in [0.717, 1.165) is 12.8 Å². The quantitative estimate of drug-likeness (QED) is 0.224. The van der Waals surface area contributed by atoms with Gasteiger partial charge in [0.05, 0.1) is 13.2 Å². The van der Waals surface area contributed by atoms with Gasteiger partial charge in [0, 0.05) is 19.5 Å². The molecule has 1 amide bonds. The summed E-state index contributed by atoms with van der Waals surface area (Å²) in [5, 5.41) is 56.1. The first kappa shape index (κ1) is 21.2. The van der Waals surface area contributed by atoms with Gasteiger partial charge in [-0.25, -0.2) is 0 Å². The molecule has 0 radical (unpaired) electrons. The molecule has 0 aromatic carbocycles. The van der Waals surface area contributed by atoms with Crippen molar-refractivity contribution in [2.24, 2.45) is 0 Å². The van der Waals surface area contributed by atoms with Gasteiger partial charge >= 0.3 is 0 Å². The van der Waals surface area contributed by atoms with E-state index in [2.05, 4.69) is 0 Å². The van der Waals surface area contributed by atoms with E-state index >= 15 is 0 Å². The van der Waals surface area contributed by atoms with E-state index in [4.69, 9.17) is 10.2 Å². The highest BCUT2D eigenvalue weighted by molar-refractivity contribution is 5.76. The lowest BCUT2D eigenvalue weighted by molar-refractivity contribution is -0.140. The topological polar surface area (TPSA) is 142 Å². The van der Waals surface area contributed by atoms with Crippen LogP contribution in [0.2, 0.25) is 0 Å². The number of amides is 1. The van der Waals surface area contributed by atoms with E-state index in [1.807, 2.05) is 6.92 Å². The maximum atomic E-state index is 12.0. The Kier molecular flexibility index (Phi) is 11.3. The highest BCUT2D eigenvalue weighted by Crippen LogP contribution is 2.09. The summed E-state index contributed by atoms with van der Waals surface area (Å²) < 4.78 is 0. The summed E-state index contributed by atoms with van der Waals surface area (Å²) in [5.74, 6) is -0.258. The third-order valence-corrected chi connectivity index (χ3v) is 3.45. The predicted molar refractivity (Wildman–Crippen MR) is 78.9 cm³/mol. The third-order valence-electron chi connectivity index (χ3n) is 3.45. The van der Waals surface area contributed by atoms with Crippen molar-refractivity contribution in [2.75, 3.05) is 26.3 Å². The Hall–Kier alpha value is -0.770. The first-order valence-corrected chi connectivity index (χ1v) is 7.60. The smallest absolute Gasteiger partial charge is 0.222 e. The van der Waals surface area contributed by atoms with E-state index in [1.54, 1.807) is 0 Å². The fraction of sp³-hybridized carbons (Fsp3) is 0.929. The fourth-order valence-electron chi connectivity index (χ4n) is 2.02. The van der Waals surface area contributed by atoms with Crippen molar-refractivity contribution in [2.45, 2.75) is 57.0 Å². The molecule has 0 fully saturated rings. The van der Waals surface area contributed by atoms with Gasteiger partial charge in [0.2, 0.25) is 5.91 Å². The van der Waals surface area contributed by atoms with Crippen molar-refractivity contribution >= 4 is 5.91 Å². The van der Waals surface area contributed by atoms with Crippen LogP contribution in [0.4, 0.5) is 0 Å². The van der Waals surface area contributed by atoms with Crippen LogP contribution in [0.25, 0.3) is 0 Å². The molecule has 0 rings (SSSR count). The summed E-state index contributed by atoms with van der Waals surface area (Å²) in [4.78, 5) is 13.2. The van der Waals surface area contributed by atoms with Gasteiger partial charge in [0.25, 0.3) is 0 Å². The Balaban J connectivity index is 4.55. The summed E-state index contributed by atoms with van der Waals surface area (Å²) in [6.45, 7) is 0.685. The second kappa shape index (κ2) is 11.8. The molecule has 0 aliphatic carbocycles. The summed E-state index contributed by atoms with van der Waals surface area (Å²) in [5.41, 5.74) is 0. The Labute approximate surface area is 130 Å². The van der Waals surface area contributed by atoms with Crippen LogP contribution in [0.3, 0.4) is 0 Å². The summed E-state index contributed by atoms with van der Waals surface area (Å²) in [6.07, 6.45) is -3.71. The molecule has 8 heteroatoms. The lowest BCUT2D eigenvalue weighted by Crippen LogP contribution is -2.51. The normalized spacial score (nSPS) is 16.9. The highest BCUT2D eigenvalue weighted by atomic mass is 16.4. The van der Waals surface area contributed by atoms with Crippen LogP contribution >= 0.6 is 0 Å². The number of nitrogens with zero attached hydrogens (tertiary/aromatic N) is 1. The van der Waals surface area contributed by atoms with Crippen LogP contribution in [0.5, 0.6) is 0 Å². The number of hydrogen-bond donors (Lipinski definition) is 6. The first-order chi connectivity index (χ1) is 10.4. The molecule has 4 atom stereocenters. The minimum atomic E-state index is -1.73. The van der Waals surface area contributed by atoms with E-state index in [1.165, 1.54) is 4.90 Å². The number of carbonyl (C=O) groups is 1. The molecule has 0 aliphatic heterocycles. The van der Waals surface area contributed by atoms with Gasteiger partial charge in [0.1, 0.15) is 24.4 Å². The van der Waals surface area contributed by atoms with Gasteiger partial charge in [0.15, 0.2) is 0 Å². The molecule has 0 aromatic rings. The minimum Gasteiger partial charge on any atom is -0.395 e. The van der Waals surface area contributed by atoms with Crippen molar-refractivity contribution < 1.29 is 35.4 Å². The van der Waals surface area contributed by atoms with E-state index in [0.29, 0.717) is 6.42 Å². The Morgan fingerprint density at radius 2 is 1.59 bits per heavy atom. The number of carbonyl (C=O) groups excluding carboxylic acids is 1. The van der Waals surface area contributed by atoms with Gasteiger partial charge in [-0.1, -0.05) is 19.8 Å². The fourth-order valence-corrected chi connectivity index (χ4v) is 2.02. The first-order valence-electron chi connectivity index (χ1n) is 7.60. The molecule has 0 unspecified atom stereocenters. The zero-order valence-electron chi connectivity index (χ0n) is 13.0. The molecule has 0 bridgehead atoms. The standard InChI is InChI=1S/C14H29NO7/c1-2-3-4-5-12(20)15(6-7-16)8-10(18)13(21)14(22)11(19)9-17/h10-11,13-14,16-19,21-22H,2-9H2,1H3/t10-,11+,13+,14+/m1/s1. The SMILES string of the molecule is CCCCCC(=O)N(CCO)C[C@@H](O)[C@H](O)[C@@H](O)[C@@H](O)CO.